The van der Waals surface area contributed by atoms with E-state index in [4.69, 9.17) is 0 Å². The lowest BCUT2D eigenvalue weighted by Gasteiger charge is -1.94. The normalized spacial score (nSPS) is 10.4. The van der Waals surface area contributed by atoms with Crippen molar-refractivity contribution in [1.82, 2.24) is 0 Å². The fraction of sp³-hybridized carbons (Fsp3) is 0. The van der Waals surface area contributed by atoms with Gasteiger partial charge in [-0.2, -0.15) is 10.2 Å². The smallest absolute Gasteiger partial charge is 0.150 e. The zero-order valence-corrected chi connectivity index (χ0v) is 9.48. The van der Waals surface area contributed by atoms with Crippen LogP contribution in [0.15, 0.2) is 58.8 Å². The third kappa shape index (κ3) is 2.95. The fourth-order valence-electron chi connectivity index (χ4n) is 1.35. The van der Waals surface area contributed by atoms with Crippen LogP contribution in [0.1, 0.15) is 20.7 Å². The van der Waals surface area contributed by atoms with Gasteiger partial charge in [-0.25, -0.2) is 0 Å². The Labute approximate surface area is 104 Å². The number of nitrogens with zero attached hydrogens (tertiary/aromatic N) is 2. The highest BCUT2D eigenvalue weighted by atomic mass is 16.1. The van der Waals surface area contributed by atoms with E-state index in [9.17, 15) is 9.59 Å². The van der Waals surface area contributed by atoms with Crippen LogP contribution < -0.4 is 0 Å². The van der Waals surface area contributed by atoms with Gasteiger partial charge in [-0.05, 0) is 48.5 Å². The van der Waals surface area contributed by atoms with E-state index >= 15 is 0 Å². The Morgan fingerprint density at radius 1 is 0.611 bits per heavy atom. The number of rotatable bonds is 4. The number of hydrogen-bond acceptors (Lipinski definition) is 4. The SMILES string of the molecule is O=Cc1ccc(/N=N/c2ccc(C=O)cc2)cc1. The highest BCUT2D eigenvalue weighted by molar-refractivity contribution is 5.75. The molecular formula is C14H10N2O2. The van der Waals surface area contributed by atoms with Crippen LogP contribution in [0.4, 0.5) is 11.4 Å². The lowest BCUT2D eigenvalue weighted by molar-refractivity contribution is 0.111. The largest absolute Gasteiger partial charge is 0.298 e. The van der Waals surface area contributed by atoms with E-state index in [0.717, 1.165) is 12.6 Å². The van der Waals surface area contributed by atoms with Crippen LogP contribution in [-0.4, -0.2) is 12.6 Å². The predicted molar refractivity (Wildman–Crippen MR) is 67.8 cm³/mol. The number of carbonyl (C=O) groups excluding carboxylic acids is 2. The van der Waals surface area contributed by atoms with Gasteiger partial charge in [0.15, 0.2) is 0 Å². The van der Waals surface area contributed by atoms with Gasteiger partial charge in [-0.3, -0.25) is 9.59 Å². The molecule has 0 aliphatic carbocycles. The lowest BCUT2D eigenvalue weighted by Crippen LogP contribution is -1.76. The van der Waals surface area contributed by atoms with Crippen LogP contribution in [0, 0.1) is 0 Å². The molecule has 0 N–H and O–H groups in total. The predicted octanol–water partition coefficient (Wildman–Crippen LogP) is 3.73. The van der Waals surface area contributed by atoms with Crippen LogP contribution in [0.2, 0.25) is 0 Å². The van der Waals surface area contributed by atoms with Crippen molar-refractivity contribution in [3.63, 3.8) is 0 Å². The molecule has 0 heterocycles. The van der Waals surface area contributed by atoms with Gasteiger partial charge >= 0.3 is 0 Å². The molecule has 4 heteroatoms. The maximum Gasteiger partial charge on any atom is 0.150 e. The molecule has 0 radical (unpaired) electrons. The summed E-state index contributed by atoms with van der Waals surface area (Å²) in [4.78, 5) is 20.9. The van der Waals surface area contributed by atoms with E-state index in [0.29, 0.717) is 22.5 Å². The van der Waals surface area contributed by atoms with Crippen LogP contribution in [-0.2, 0) is 0 Å². The summed E-state index contributed by atoms with van der Waals surface area (Å²) >= 11 is 0. The molecule has 0 amide bonds. The summed E-state index contributed by atoms with van der Waals surface area (Å²) in [6, 6.07) is 13.6. The number of aldehydes is 2. The summed E-state index contributed by atoms with van der Waals surface area (Å²) in [5, 5.41) is 8.06. The molecule has 2 rings (SSSR count). The molecular weight excluding hydrogens is 228 g/mol. The second-order valence-corrected chi connectivity index (χ2v) is 3.62. The van der Waals surface area contributed by atoms with Gasteiger partial charge in [0.05, 0.1) is 11.4 Å². The average molecular weight is 238 g/mol. The Balaban J connectivity index is 2.13. The second-order valence-electron chi connectivity index (χ2n) is 3.62. The lowest BCUT2D eigenvalue weighted by atomic mass is 10.2. The van der Waals surface area contributed by atoms with Gasteiger partial charge in [0, 0.05) is 11.1 Å². The Morgan fingerprint density at radius 3 is 1.22 bits per heavy atom. The Morgan fingerprint density at radius 2 is 0.944 bits per heavy atom. The highest BCUT2D eigenvalue weighted by Gasteiger charge is 1.93. The average Bonchev–Trinajstić information content (AvgIpc) is 2.46. The van der Waals surface area contributed by atoms with Crippen LogP contribution in [0.25, 0.3) is 0 Å². The van der Waals surface area contributed by atoms with E-state index in [2.05, 4.69) is 10.2 Å². The van der Waals surface area contributed by atoms with Crippen molar-refractivity contribution in [1.29, 1.82) is 0 Å². The molecule has 88 valence electrons. The maximum absolute atomic E-state index is 10.5. The minimum absolute atomic E-state index is 0.601. The number of azo groups is 1. The molecule has 2 aromatic rings. The molecule has 0 aliphatic rings. The molecule has 0 bridgehead atoms. The summed E-state index contributed by atoms with van der Waals surface area (Å²) in [6.45, 7) is 0. The van der Waals surface area contributed by atoms with Crippen molar-refractivity contribution in [2.75, 3.05) is 0 Å². The summed E-state index contributed by atoms with van der Waals surface area (Å²) in [5.41, 5.74) is 2.54. The number of benzene rings is 2. The fourth-order valence-corrected chi connectivity index (χ4v) is 1.35. The molecule has 0 spiro atoms. The number of hydrogen-bond donors (Lipinski definition) is 0. The summed E-state index contributed by atoms with van der Waals surface area (Å²) in [6.07, 6.45) is 1.55. The summed E-state index contributed by atoms with van der Waals surface area (Å²) < 4.78 is 0. The molecule has 0 saturated carbocycles. The zero-order chi connectivity index (χ0) is 12.8. The monoisotopic (exact) mass is 238 g/mol. The second kappa shape index (κ2) is 5.63. The van der Waals surface area contributed by atoms with Gasteiger partial charge in [-0.1, -0.05) is 0 Å². The summed E-state index contributed by atoms with van der Waals surface area (Å²) in [5.74, 6) is 0. The van der Waals surface area contributed by atoms with Crippen LogP contribution in [0.3, 0.4) is 0 Å². The van der Waals surface area contributed by atoms with Crippen LogP contribution in [0.5, 0.6) is 0 Å². The van der Waals surface area contributed by atoms with Gasteiger partial charge in [0.1, 0.15) is 12.6 Å². The van der Waals surface area contributed by atoms with E-state index in [1.165, 1.54) is 0 Å². The standard InChI is InChI=1S/C14H10N2O2/c17-9-11-1-5-13(6-2-11)15-16-14-7-3-12(10-18)4-8-14/h1-10H/b16-15+. The van der Waals surface area contributed by atoms with E-state index in [-0.39, 0.29) is 0 Å². The van der Waals surface area contributed by atoms with Crippen LogP contribution >= 0.6 is 0 Å². The molecule has 0 atom stereocenters. The van der Waals surface area contributed by atoms with Gasteiger partial charge in [0.25, 0.3) is 0 Å². The van der Waals surface area contributed by atoms with Crippen molar-refractivity contribution in [2.24, 2.45) is 10.2 Å². The van der Waals surface area contributed by atoms with E-state index in [1.54, 1.807) is 48.5 Å². The Bertz CT molecular complexity index is 518. The van der Waals surface area contributed by atoms with Crippen molar-refractivity contribution in [3.05, 3.63) is 59.7 Å². The third-order valence-corrected chi connectivity index (χ3v) is 2.34. The molecule has 0 aromatic heterocycles. The topological polar surface area (TPSA) is 58.9 Å². The van der Waals surface area contributed by atoms with Crippen molar-refractivity contribution >= 4 is 23.9 Å². The number of carbonyl (C=O) groups is 2. The van der Waals surface area contributed by atoms with E-state index in [1.807, 2.05) is 0 Å². The minimum Gasteiger partial charge on any atom is -0.298 e. The minimum atomic E-state index is 0.601. The Hall–Kier alpha value is -2.62. The quantitative estimate of drug-likeness (QED) is 0.602. The molecule has 18 heavy (non-hydrogen) atoms. The molecule has 4 nitrogen and oxygen atoms in total. The first-order valence-electron chi connectivity index (χ1n) is 5.34. The van der Waals surface area contributed by atoms with Crippen molar-refractivity contribution < 1.29 is 9.59 Å². The third-order valence-electron chi connectivity index (χ3n) is 2.34. The maximum atomic E-state index is 10.5. The molecule has 2 aromatic carbocycles. The first-order chi connectivity index (χ1) is 8.81. The van der Waals surface area contributed by atoms with Crippen molar-refractivity contribution in [3.8, 4) is 0 Å². The zero-order valence-electron chi connectivity index (χ0n) is 9.48. The van der Waals surface area contributed by atoms with Gasteiger partial charge in [0.2, 0.25) is 0 Å². The van der Waals surface area contributed by atoms with Crippen molar-refractivity contribution in [2.45, 2.75) is 0 Å². The van der Waals surface area contributed by atoms with Gasteiger partial charge < -0.3 is 0 Å². The molecule has 0 aliphatic heterocycles. The highest BCUT2D eigenvalue weighted by Crippen LogP contribution is 2.18. The molecule has 0 fully saturated rings. The Kier molecular flexibility index (Phi) is 3.71. The molecule has 0 saturated heterocycles. The van der Waals surface area contributed by atoms with Gasteiger partial charge in [-0.15, -0.1) is 0 Å². The summed E-state index contributed by atoms with van der Waals surface area (Å²) in [7, 11) is 0. The first-order valence-corrected chi connectivity index (χ1v) is 5.34. The first kappa shape index (κ1) is 11.9. The molecule has 0 unspecified atom stereocenters. The van der Waals surface area contributed by atoms with E-state index < -0.39 is 0 Å².